The molecule has 2 aromatic carbocycles. The molecule has 7 nitrogen and oxygen atoms in total. The molecule has 0 bridgehead atoms. The summed E-state index contributed by atoms with van der Waals surface area (Å²) >= 11 is 5.89. The number of sulfonamides is 1. The third kappa shape index (κ3) is 4.19. The number of hydrogen-bond acceptors (Lipinski definition) is 6. The van der Waals surface area contributed by atoms with Crippen molar-refractivity contribution in [2.24, 2.45) is 0 Å². The van der Waals surface area contributed by atoms with E-state index in [9.17, 15) is 8.42 Å². The van der Waals surface area contributed by atoms with E-state index in [1.165, 1.54) is 30.6 Å². The summed E-state index contributed by atoms with van der Waals surface area (Å²) in [5.74, 6) is 1.21. The van der Waals surface area contributed by atoms with E-state index in [0.29, 0.717) is 28.6 Å². The van der Waals surface area contributed by atoms with Crippen LogP contribution in [0, 0.1) is 0 Å². The van der Waals surface area contributed by atoms with Gasteiger partial charge in [0.2, 0.25) is 21.7 Å². The molecule has 0 aliphatic heterocycles. The molecule has 3 aromatic rings. The maximum Gasteiger partial charge on any atom is 0.243 e. The third-order valence-corrected chi connectivity index (χ3v) is 6.26. The summed E-state index contributed by atoms with van der Waals surface area (Å²) in [6, 6.07) is 11.6. The van der Waals surface area contributed by atoms with Gasteiger partial charge in [0.1, 0.15) is 5.75 Å². The molecular formula is C19H20ClN3O4S. The number of benzene rings is 2. The molecule has 148 valence electrons. The summed E-state index contributed by atoms with van der Waals surface area (Å²) in [6.45, 7) is 2.10. The summed E-state index contributed by atoms with van der Waals surface area (Å²) in [5.41, 5.74) is 1.28. The lowest BCUT2D eigenvalue weighted by molar-refractivity contribution is 0.382. The molecule has 1 aromatic heterocycles. The van der Waals surface area contributed by atoms with Gasteiger partial charge in [-0.3, -0.25) is 0 Å². The molecule has 0 atom stereocenters. The third-order valence-electron chi connectivity index (χ3n) is 4.21. The molecule has 0 unspecified atom stereocenters. The van der Waals surface area contributed by atoms with Crippen LogP contribution in [0.25, 0.3) is 11.4 Å². The summed E-state index contributed by atoms with van der Waals surface area (Å²) in [6.07, 6.45) is 0.580. The zero-order valence-corrected chi connectivity index (χ0v) is 17.3. The first kappa shape index (κ1) is 20.3. The zero-order chi connectivity index (χ0) is 20.3. The second kappa shape index (κ2) is 8.30. The fourth-order valence-corrected chi connectivity index (χ4v) is 3.95. The lowest BCUT2D eigenvalue weighted by Crippen LogP contribution is -2.26. The van der Waals surface area contributed by atoms with Crippen LogP contribution in [0.4, 0.5) is 0 Å². The van der Waals surface area contributed by atoms with Crippen LogP contribution in [0.15, 0.2) is 51.9 Å². The molecule has 0 amide bonds. The normalized spacial score (nSPS) is 11.8. The molecule has 28 heavy (non-hydrogen) atoms. The van der Waals surface area contributed by atoms with Crippen LogP contribution in [-0.2, 0) is 23.0 Å². The van der Waals surface area contributed by atoms with Crippen molar-refractivity contribution in [1.29, 1.82) is 0 Å². The van der Waals surface area contributed by atoms with E-state index in [4.69, 9.17) is 20.9 Å². The molecule has 0 saturated heterocycles. The molecule has 0 spiro atoms. The van der Waals surface area contributed by atoms with Gasteiger partial charge < -0.3 is 9.26 Å². The lowest BCUT2D eigenvalue weighted by atomic mass is 10.2. The topological polar surface area (TPSA) is 85.5 Å². The van der Waals surface area contributed by atoms with Gasteiger partial charge in [-0.25, -0.2) is 8.42 Å². The Balaban J connectivity index is 1.94. The number of rotatable bonds is 7. The molecule has 0 aliphatic rings. The van der Waals surface area contributed by atoms with Gasteiger partial charge >= 0.3 is 0 Å². The fraction of sp³-hybridized carbons (Fsp3) is 0.263. The fourth-order valence-electron chi connectivity index (χ4n) is 2.64. The maximum atomic E-state index is 13.0. The van der Waals surface area contributed by atoms with Crippen LogP contribution in [0.1, 0.15) is 18.4 Å². The van der Waals surface area contributed by atoms with E-state index in [1.807, 2.05) is 6.92 Å². The predicted molar refractivity (Wildman–Crippen MR) is 106 cm³/mol. The smallest absolute Gasteiger partial charge is 0.243 e. The molecule has 3 rings (SSSR count). The van der Waals surface area contributed by atoms with Gasteiger partial charge in [0.25, 0.3) is 0 Å². The Labute approximate surface area is 168 Å². The Kier molecular flexibility index (Phi) is 6.02. The average Bonchev–Trinajstić information content (AvgIpc) is 3.18. The number of hydrogen-bond donors (Lipinski definition) is 0. The molecule has 0 fully saturated rings. The zero-order valence-electron chi connectivity index (χ0n) is 15.7. The minimum Gasteiger partial charge on any atom is -0.496 e. The van der Waals surface area contributed by atoms with Crippen molar-refractivity contribution >= 4 is 21.6 Å². The summed E-state index contributed by atoms with van der Waals surface area (Å²) in [4.78, 5) is 4.39. The minimum absolute atomic E-state index is 0.114. The van der Waals surface area contributed by atoms with E-state index >= 15 is 0 Å². The Morgan fingerprint density at radius 3 is 2.50 bits per heavy atom. The molecular weight excluding hydrogens is 402 g/mol. The Hall–Kier alpha value is -2.42. The first-order valence-corrected chi connectivity index (χ1v) is 10.4. The largest absolute Gasteiger partial charge is 0.496 e. The van der Waals surface area contributed by atoms with Gasteiger partial charge in [-0.2, -0.15) is 9.29 Å². The first-order chi connectivity index (χ1) is 13.3. The van der Waals surface area contributed by atoms with Crippen molar-refractivity contribution in [3.63, 3.8) is 0 Å². The Morgan fingerprint density at radius 1 is 1.18 bits per heavy atom. The van der Waals surface area contributed by atoms with Crippen molar-refractivity contribution in [1.82, 2.24) is 14.4 Å². The monoisotopic (exact) mass is 421 g/mol. The quantitative estimate of drug-likeness (QED) is 0.577. The summed E-state index contributed by atoms with van der Waals surface area (Å²) in [7, 11) is -0.717. The molecule has 0 N–H and O–H groups in total. The van der Waals surface area contributed by atoms with E-state index in [2.05, 4.69) is 10.1 Å². The van der Waals surface area contributed by atoms with Gasteiger partial charge in [0, 0.05) is 25.0 Å². The van der Waals surface area contributed by atoms with Crippen molar-refractivity contribution in [3.8, 4) is 17.1 Å². The number of nitrogens with zero attached hydrogens (tertiary/aromatic N) is 3. The number of ether oxygens (including phenoxy) is 1. The van der Waals surface area contributed by atoms with Gasteiger partial charge in [-0.05, 0) is 35.9 Å². The van der Waals surface area contributed by atoms with E-state index in [1.54, 1.807) is 30.3 Å². The second-order valence-corrected chi connectivity index (χ2v) is 8.60. The average molecular weight is 422 g/mol. The van der Waals surface area contributed by atoms with Gasteiger partial charge in [-0.1, -0.05) is 35.8 Å². The summed E-state index contributed by atoms with van der Waals surface area (Å²) in [5, 5.41) is 4.52. The lowest BCUT2D eigenvalue weighted by Gasteiger charge is -2.18. The van der Waals surface area contributed by atoms with E-state index < -0.39 is 10.0 Å². The Morgan fingerprint density at radius 2 is 1.89 bits per heavy atom. The minimum atomic E-state index is -3.74. The first-order valence-electron chi connectivity index (χ1n) is 8.57. The van der Waals surface area contributed by atoms with E-state index in [-0.39, 0.29) is 17.3 Å². The highest BCUT2D eigenvalue weighted by Crippen LogP contribution is 2.31. The SMILES string of the molecule is CCc1nc(-c2cc(S(=O)(=O)N(C)Cc3ccc(Cl)cc3)ccc2OC)no1. The van der Waals surface area contributed by atoms with Crippen LogP contribution >= 0.6 is 11.6 Å². The van der Waals surface area contributed by atoms with Crippen LogP contribution in [0.2, 0.25) is 5.02 Å². The van der Waals surface area contributed by atoms with Gasteiger partial charge in [0.05, 0.1) is 17.6 Å². The second-order valence-electron chi connectivity index (χ2n) is 6.11. The number of aromatic nitrogens is 2. The van der Waals surface area contributed by atoms with Crippen molar-refractivity contribution < 1.29 is 17.7 Å². The van der Waals surface area contributed by atoms with Crippen LogP contribution in [-0.4, -0.2) is 37.0 Å². The highest BCUT2D eigenvalue weighted by Gasteiger charge is 2.24. The van der Waals surface area contributed by atoms with Crippen molar-refractivity contribution in [2.75, 3.05) is 14.2 Å². The van der Waals surface area contributed by atoms with Gasteiger partial charge in [-0.15, -0.1) is 0 Å². The Bertz CT molecular complexity index is 1070. The van der Waals surface area contributed by atoms with E-state index in [0.717, 1.165) is 5.56 Å². The predicted octanol–water partition coefficient (Wildman–Crippen LogP) is 3.78. The highest BCUT2D eigenvalue weighted by molar-refractivity contribution is 7.89. The number of aryl methyl sites for hydroxylation is 1. The molecule has 0 saturated carbocycles. The van der Waals surface area contributed by atoms with Crippen molar-refractivity contribution in [2.45, 2.75) is 24.8 Å². The molecule has 1 heterocycles. The van der Waals surface area contributed by atoms with Crippen LogP contribution < -0.4 is 4.74 Å². The molecule has 0 radical (unpaired) electrons. The number of halogens is 1. The van der Waals surface area contributed by atoms with Gasteiger partial charge in [0.15, 0.2) is 0 Å². The van der Waals surface area contributed by atoms with Crippen LogP contribution in [0.5, 0.6) is 5.75 Å². The number of methoxy groups -OCH3 is 1. The molecule has 0 aliphatic carbocycles. The summed E-state index contributed by atoms with van der Waals surface area (Å²) < 4.78 is 37.8. The molecule has 9 heteroatoms. The van der Waals surface area contributed by atoms with Crippen molar-refractivity contribution in [3.05, 3.63) is 58.9 Å². The van der Waals surface area contributed by atoms with Crippen LogP contribution in [0.3, 0.4) is 0 Å². The maximum absolute atomic E-state index is 13.0. The standard InChI is InChI=1S/C19H20ClN3O4S/c1-4-18-21-19(22-27-18)16-11-15(9-10-17(16)26-3)28(24,25)23(2)12-13-5-7-14(20)8-6-13/h5-11H,4,12H2,1-3H3. The highest BCUT2D eigenvalue weighted by atomic mass is 35.5.